The number of halogens is 1. The third-order valence-corrected chi connectivity index (χ3v) is 4.49. The van der Waals surface area contributed by atoms with Gasteiger partial charge in [0.05, 0.1) is 12.8 Å². The number of hydrogen-bond acceptors (Lipinski definition) is 2. The SMILES string of the molecule is COc1ccc(Cl)cc1NC(=S)NCCc1c[nH]c2ccc(C)cc12. The standard InChI is InChI=1S/C19H20ClN3OS/c1-12-3-5-16-15(9-12)13(11-22-16)7-8-21-19(25)23-17-10-14(20)4-6-18(17)24-2/h3-6,9-11,22H,7-8H2,1-2H3,(H2,21,23,25). The van der Waals surface area contributed by atoms with Crippen molar-refractivity contribution in [1.29, 1.82) is 0 Å². The lowest BCUT2D eigenvalue weighted by Crippen LogP contribution is -2.30. The van der Waals surface area contributed by atoms with Gasteiger partial charge in [-0.05, 0) is 61.5 Å². The molecule has 0 bridgehead atoms. The van der Waals surface area contributed by atoms with Crippen molar-refractivity contribution in [2.24, 2.45) is 0 Å². The Morgan fingerprint density at radius 1 is 1.24 bits per heavy atom. The van der Waals surface area contributed by atoms with E-state index in [9.17, 15) is 0 Å². The van der Waals surface area contributed by atoms with Crippen molar-refractivity contribution in [3.63, 3.8) is 0 Å². The molecule has 0 aliphatic heterocycles. The fourth-order valence-corrected chi connectivity index (χ4v) is 3.14. The second-order valence-electron chi connectivity index (χ2n) is 5.84. The number of ether oxygens (including phenoxy) is 1. The van der Waals surface area contributed by atoms with E-state index in [2.05, 4.69) is 46.9 Å². The molecule has 6 heteroatoms. The van der Waals surface area contributed by atoms with Crippen LogP contribution in [0.25, 0.3) is 10.9 Å². The molecule has 0 atom stereocenters. The molecule has 0 amide bonds. The predicted molar refractivity (Wildman–Crippen MR) is 109 cm³/mol. The first-order chi connectivity index (χ1) is 12.1. The van der Waals surface area contributed by atoms with Crippen LogP contribution < -0.4 is 15.4 Å². The maximum Gasteiger partial charge on any atom is 0.170 e. The summed E-state index contributed by atoms with van der Waals surface area (Å²) in [5, 5.41) is 8.78. The molecule has 0 saturated heterocycles. The van der Waals surface area contributed by atoms with Crippen LogP contribution in [0.15, 0.2) is 42.6 Å². The van der Waals surface area contributed by atoms with Crippen LogP contribution in [0.3, 0.4) is 0 Å². The third kappa shape index (κ3) is 4.24. The van der Waals surface area contributed by atoms with Gasteiger partial charge in [0.2, 0.25) is 0 Å². The Morgan fingerprint density at radius 3 is 2.88 bits per heavy atom. The van der Waals surface area contributed by atoms with Gasteiger partial charge >= 0.3 is 0 Å². The fourth-order valence-electron chi connectivity index (χ4n) is 2.75. The number of anilines is 1. The Labute approximate surface area is 157 Å². The molecule has 4 nitrogen and oxygen atoms in total. The molecule has 0 radical (unpaired) electrons. The van der Waals surface area contributed by atoms with Gasteiger partial charge in [-0.3, -0.25) is 0 Å². The lowest BCUT2D eigenvalue weighted by atomic mass is 10.1. The van der Waals surface area contributed by atoms with Crippen LogP contribution in [0.1, 0.15) is 11.1 Å². The molecule has 0 saturated carbocycles. The normalized spacial score (nSPS) is 10.7. The molecule has 0 spiro atoms. The molecule has 25 heavy (non-hydrogen) atoms. The number of rotatable bonds is 5. The van der Waals surface area contributed by atoms with Gasteiger partial charge in [0, 0.05) is 28.7 Å². The van der Waals surface area contributed by atoms with E-state index in [0.717, 1.165) is 24.2 Å². The van der Waals surface area contributed by atoms with Crippen LogP contribution in [0.2, 0.25) is 5.02 Å². The van der Waals surface area contributed by atoms with Crippen LogP contribution in [-0.4, -0.2) is 23.8 Å². The van der Waals surface area contributed by atoms with Crippen molar-refractivity contribution in [1.82, 2.24) is 10.3 Å². The highest BCUT2D eigenvalue weighted by Crippen LogP contribution is 2.27. The maximum absolute atomic E-state index is 6.03. The summed E-state index contributed by atoms with van der Waals surface area (Å²) >= 11 is 11.4. The van der Waals surface area contributed by atoms with E-state index in [1.165, 1.54) is 16.5 Å². The van der Waals surface area contributed by atoms with E-state index in [0.29, 0.717) is 15.9 Å². The molecule has 130 valence electrons. The largest absolute Gasteiger partial charge is 0.495 e. The summed E-state index contributed by atoms with van der Waals surface area (Å²) in [6.07, 6.45) is 2.93. The number of benzene rings is 2. The van der Waals surface area contributed by atoms with Gasteiger partial charge in [-0.25, -0.2) is 0 Å². The van der Waals surface area contributed by atoms with Crippen LogP contribution in [0.4, 0.5) is 5.69 Å². The summed E-state index contributed by atoms with van der Waals surface area (Å²) in [7, 11) is 1.61. The van der Waals surface area contributed by atoms with Gasteiger partial charge in [0.15, 0.2) is 5.11 Å². The molecule has 3 aromatic rings. The molecule has 2 aromatic carbocycles. The number of fused-ring (bicyclic) bond motifs is 1. The second-order valence-corrected chi connectivity index (χ2v) is 6.68. The quantitative estimate of drug-likeness (QED) is 0.569. The van der Waals surface area contributed by atoms with Crippen LogP contribution >= 0.6 is 23.8 Å². The minimum Gasteiger partial charge on any atom is -0.495 e. The van der Waals surface area contributed by atoms with E-state index in [1.807, 2.05) is 6.07 Å². The number of thiocarbonyl (C=S) groups is 1. The molecule has 0 fully saturated rings. The minimum absolute atomic E-state index is 0.539. The number of aromatic nitrogens is 1. The van der Waals surface area contributed by atoms with Crippen molar-refractivity contribution in [3.8, 4) is 5.75 Å². The van der Waals surface area contributed by atoms with Gasteiger partial charge in [-0.15, -0.1) is 0 Å². The van der Waals surface area contributed by atoms with Gasteiger partial charge < -0.3 is 20.4 Å². The average Bonchev–Trinajstić information content (AvgIpc) is 2.97. The molecule has 3 N–H and O–H groups in total. The minimum atomic E-state index is 0.539. The van der Waals surface area contributed by atoms with Crippen LogP contribution in [0, 0.1) is 6.92 Å². The monoisotopic (exact) mass is 373 g/mol. The number of aryl methyl sites for hydroxylation is 1. The smallest absolute Gasteiger partial charge is 0.170 e. The molecule has 1 heterocycles. The number of hydrogen-bond donors (Lipinski definition) is 3. The van der Waals surface area contributed by atoms with Crippen molar-refractivity contribution >= 4 is 45.5 Å². The van der Waals surface area contributed by atoms with Gasteiger partial charge in [-0.2, -0.15) is 0 Å². The van der Waals surface area contributed by atoms with Crippen molar-refractivity contribution < 1.29 is 4.74 Å². The van der Waals surface area contributed by atoms with E-state index >= 15 is 0 Å². The van der Waals surface area contributed by atoms with E-state index < -0.39 is 0 Å². The molecule has 0 unspecified atom stereocenters. The van der Waals surface area contributed by atoms with Crippen LogP contribution in [0.5, 0.6) is 5.75 Å². The fraction of sp³-hybridized carbons (Fsp3) is 0.211. The average molecular weight is 374 g/mol. The van der Waals surface area contributed by atoms with Gasteiger partial charge in [0.25, 0.3) is 0 Å². The molecular formula is C19H20ClN3OS. The third-order valence-electron chi connectivity index (χ3n) is 4.01. The Bertz CT molecular complexity index is 907. The number of methoxy groups -OCH3 is 1. The Kier molecular flexibility index (Phi) is 5.46. The highest BCUT2D eigenvalue weighted by Gasteiger charge is 2.07. The molecule has 0 aliphatic carbocycles. The number of nitrogens with one attached hydrogen (secondary N) is 3. The van der Waals surface area contributed by atoms with Crippen molar-refractivity contribution in [2.75, 3.05) is 19.0 Å². The first-order valence-corrected chi connectivity index (χ1v) is 8.80. The van der Waals surface area contributed by atoms with Gasteiger partial charge in [-0.1, -0.05) is 23.2 Å². The lowest BCUT2D eigenvalue weighted by Gasteiger charge is -2.13. The Hall–Kier alpha value is -2.24. The van der Waals surface area contributed by atoms with Gasteiger partial charge in [0.1, 0.15) is 5.75 Å². The molecule has 1 aromatic heterocycles. The second kappa shape index (κ2) is 7.76. The Balaban J connectivity index is 1.59. The first-order valence-electron chi connectivity index (χ1n) is 8.02. The molecule has 3 rings (SSSR count). The summed E-state index contributed by atoms with van der Waals surface area (Å²) in [4.78, 5) is 3.31. The summed E-state index contributed by atoms with van der Waals surface area (Å²) in [6, 6.07) is 11.8. The summed E-state index contributed by atoms with van der Waals surface area (Å²) < 4.78 is 5.31. The summed E-state index contributed by atoms with van der Waals surface area (Å²) in [5.41, 5.74) is 4.43. The van der Waals surface area contributed by atoms with Crippen molar-refractivity contribution in [2.45, 2.75) is 13.3 Å². The van der Waals surface area contributed by atoms with Crippen LogP contribution in [-0.2, 0) is 6.42 Å². The molecular weight excluding hydrogens is 354 g/mol. The summed E-state index contributed by atoms with van der Waals surface area (Å²) in [6.45, 7) is 2.83. The lowest BCUT2D eigenvalue weighted by molar-refractivity contribution is 0.417. The highest BCUT2D eigenvalue weighted by atomic mass is 35.5. The molecule has 0 aliphatic rings. The zero-order chi connectivity index (χ0) is 17.8. The first kappa shape index (κ1) is 17.6. The zero-order valence-corrected chi connectivity index (χ0v) is 15.7. The maximum atomic E-state index is 6.03. The Morgan fingerprint density at radius 2 is 2.08 bits per heavy atom. The topological polar surface area (TPSA) is 49.1 Å². The van der Waals surface area contributed by atoms with E-state index in [4.69, 9.17) is 28.6 Å². The van der Waals surface area contributed by atoms with E-state index in [-0.39, 0.29) is 0 Å². The zero-order valence-electron chi connectivity index (χ0n) is 14.2. The summed E-state index contributed by atoms with van der Waals surface area (Å²) in [5.74, 6) is 0.695. The highest BCUT2D eigenvalue weighted by molar-refractivity contribution is 7.80. The number of H-pyrrole nitrogens is 1. The predicted octanol–water partition coefficient (Wildman–Crippen LogP) is 4.67. The number of aromatic amines is 1. The van der Waals surface area contributed by atoms with Crippen molar-refractivity contribution in [3.05, 3.63) is 58.7 Å². The van der Waals surface area contributed by atoms with E-state index in [1.54, 1.807) is 19.2 Å².